The Labute approximate surface area is 182 Å². The predicted octanol–water partition coefficient (Wildman–Crippen LogP) is 2.45. The van der Waals surface area contributed by atoms with Crippen molar-refractivity contribution in [3.8, 4) is 0 Å². The van der Waals surface area contributed by atoms with Gasteiger partial charge in [0.05, 0.1) is 6.20 Å². The maximum Gasteiger partial charge on any atom is 0.326 e. The lowest BCUT2D eigenvalue weighted by molar-refractivity contribution is -0.115. The third kappa shape index (κ3) is 3.89. The molecule has 4 N–H and O–H groups in total. The van der Waals surface area contributed by atoms with Gasteiger partial charge in [0.1, 0.15) is 5.70 Å². The van der Waals surface area contributed by atoms with Crippen LogP contribution in [-0.4, -0.2) is 37.6 Å². The highest BCUT2D eigenvalue weighted by molar-refractivity contribution is 6.31. The number of anilines is 2. The number of carbonyl (C=O) groups excluding carboxylic acids is 2. The van der Waals surface area contributed by atoms with Crippen molar-refractivity contribution >= 4 is 47.2 Å². The molecule has 3 amide bonds. The van der Waals surface area contributed by atoms with E-state index in [0.29, 0.717) is 40.7 Å². The van der Waals surface area contributed by atoms with Crippen LogP contribution in [0.25, 0.3) is 11.7 Å². The molecule has 31 heavy (non-hydrogen) atoms. The van der Waals surface area contributed by atoms with Crippen LogP contribution in [0.15, 0.2) is 30.1 Å². The number of nitrogens with one attached hydrogen (secondary N) is 4. The van der Waals surface area contributed by atoms with Gasteiger partial charge in [-0.1, -0.05) is 23.7 Å². The second-order valence-electron chi connectivity index (χ2n) is 7.48. The minimum absolute atomic E-state index is 0.136. The van der Waals surface area contributed by atoms with E-state index in [1.54, 1.807) is 16.8 Å². The number of halogens is 1. The Balaban J connectivity index is 1.51. The fraction of sp³-hybridized carbons (Fsp3) is 0.250. The molecule has 11 heteroatoms. The number of hydrogen-bond acceptors (Lipinski definition) is 7. The zero-order valence-electron chi connectivity index (χ0n) is 16.6. The number of aromatic nitrogens is 4. The third-order valence-corrected chi connectivity index (χ3v) is 5.46. The molecule has 0 radical (unpaired) electrons. The average molecular weight is 439 g/mol. The van der Waals surface area contributed by atoms with E-state index in [1.165, 1.54) is 0 Å². The molecule has 1 aliphatic carbocycles. The molecule has 2 fully saturated rings. The van der Waals surface area contributed by atoms with Crippen LogP contribution in [0.2, 0.25) is 5.02 Å². The van der Waals surface area contributed by atoms with E-state index in [0.717, 1.165) is 24.0 Å². The zero-order chi connectivity index (χ0) is 21.5. The van der Waals surface area contributed by atoms with Crippen LogP contribution in [0.4, 0.5) is 16.7 Å². The summed E-state index contributed by atoms with van der Waals surface area (Å²) in [5.41, 5.74) is 3.24. The fourth-order valence-corrected chi connectivity index (χ4v) is 3.56. The van der Waals surface area contributed by atoms with Gasteiger partial charge >= 0.3 is 6.03 Å². The van der Waals surface area contributed by atoms with Crippen molar-refractivity contribution in [3.63, 3.8) is 0 Å². The lowest BCUT2D eigenvalue weighted by Crippen LogP contribution is -2.22. The van der Waals surface area contributed by atoms with Gasteiger partial charge in [-0.15, -0.1) is 0 Å². The van der Waals surface area contributed by atoms with Crippen LogP contribution in [0.5, 0.6) is 0 Å². The molecule has 158 valence electrons. The van der Waals surface area contributed by atoms with Crippen LogP contribution in [-0.2, 0) is 11.3 Å². The van der Waals surface area contributed by atoms with Crippen molar-refractivity contribution in [2.24, 2.45) is 0 Å². The Morgan fingerprint density at radius 3 is 2.81 bits per heavy atom. The largest absolute Gasteiger partial charge is 0.351 e. The lowest BCUT2D eigenvalue weighted by atomic mass is 10.1. The number of hydrogen-bond donors (Lipinski definition) is 4. The Kier molecular flexibility index (Phi) is 4.70. The molecule has 1 aliphatic heterocycles. The van der Waals surface area contributed by atoms with Gasteiger partial charge in [0.2, 0.25) is 11.9 Å². The number of benzene rings is 1. The quantitative estimate of drug-likeness (QED) is 0.344. The second kappa shape index (κ2) is 7.55. The summed E-state index contributed by atoms with van der Waals surface area (Å²) in [6.45, 7) is 2.45. The topological polar surface area (TPSA) is 125 Å². The third-order valence-electron chi connectivity index (χ3n) is 5.10. The smallest absolute Gasteiger partial charge is 0.326 e. The first-order chi connectivity index (χ1) is 15.0. The molecular weight excluding hydrogens is 420 g/mol. The SMILES string of the molecule is Cc1cccc(Cl)c1CNc1nc(NC2CC2)n2ncc(/C=C3\NC(=O)NC3=O)c2n1. The highest BCUT2D eigenvalue weighted by atomic mass is 35.5. The number of aryl methyl sites for hydroxylation is 1. The van der Waals surface area contributed by atoms with Crippen molar-refractivity contribution < 1.29 is 9.59 Å². The van der Waals surface area contributed by atoms with Crippen molar-refractivity contribution in [3.05, 3.63) is 51.8 Å². The number of rotatable bonds is 6. The summed E-state index contributed by atoms with van der Waals surface area (Å²) in [5.74, 6) is 0.452. The molecule has 3 aromatic rings. The highest BCUT2D eigenvalue weighted by Gasteiger charge is 2.26. The molecule has 2 aliphatic rings. The maximum atomic E-state index is 11.9. The highest BCUT2D eigenvalue weighted by Crippen LogP contribution is 2.26. The van der Waals surface area contributed by atoms with Crippen LogP contribution in [0.1, 0.15) is 29.5 Å². The molecule has 0 unspecified atom stereocenters. The zero-order valence-corrected chi connectivity index (χ0v) is 17.3. The molecule has 0 bridgehead atoms. The van der Waals surface area contributed by atoms with Crippen LogP contribution in [0.3, 0.4) is 0 Å². The summed E-state index contributed by atoms with van der Waals surface area (Å²) in [6, 6.07) is 5.54. The van der Waals surface area contributed by atoms with E-state index in [2.05, 4.69) is 36.3 Å². The number of nitrogens with zero attached hydrogens (tertiary/aromatic N) is 4. The molecular formula is C20H19ClN8O2. The normalized spacial score (nSPS) is 17.2. The minimum atomic E-state index is -0.559. The molecule has 2 aromatic heterocycles. The molecule has 1 aromatic carbocycles. The summed E-state index contributed by atoms with van der Waals surface area (Å²) >= 11 is 6.34. The van der Waals surface area contributed by atoms with Gasteiger partial charge in [0, 0.05) is 23.2 Å². The van der Waals surface area contributed by atoms with E-state index >= 15 is 0 Å². The first-order valence-corrected chi connectivity index (χ1v) is 10.2. The molecule has 5 rings (SSSR count). The van der Waals surface area contributed by atoms with Crippen LogP contribution in [0, 0.1) is 6.92 Å². The Morgan fingerprint density at radius 1 is 1.26 bits per heavy atom. The van der Waals surface area contributed by atoms with E-state index in [-0.39, 0.29) is 5.70 Å². The minimum Gasteiger partial charge on any atom is -0.351 e. The molecule has 3 heterocycles. The number of urea groups is 1. The molecule has 1 saturated heterocycles. The van der Waals surface area contributed by atoms with E-state index in [9.17, 15) is 9.59 Å². The van der Waals surface area contributed by atoms with Crippen molar-refractivity contribution in [2.45, 2.75) is 32.4 Å². The van der Waals surface area contributed by atoms with Gasteiger partial charge in [0.25, 0.3) is 5.91 Å². The standard InChI is InChI=1S/C20H19ClN8O2/c1-10-3-2-4-14(21)13(10)9-22-18-26-16-11(7-15-17(30)27-20(31)25-15)8-23-29(16)19(28-18)24-12-5-6-12/h2-4,7-8,12H,5-6,9H2,1H3,(H2,22,24,26,28)(H2,25,27,30,31)/b15-7-. The van der Waals surface area contributed by atoms with Crippen LogP contribution < -0.4 is 21.3 Å². The van der Waals surface area contributed by atoms with Gasteiger partial charge in [-0.3, -0.25) is 10.1 Å². The van der Waals surface area contributed by atoms with Crippen molar-refractivity contribution in [1.82, 2.24) is 30.2 Å². The fourth-order valence-electron chi connectivity index (χ4n) is 3.27. The number of amides is 3. The van der Waals surface area contributed by atoms with E-state index in [1.807, 2.05) is 25.1 Å². The summed E-state index contributed by atoms with van der Waals surface area (Å²) in [7, 11) is 0. The molecule has 0 spiro atoms. The molecule has 10 nitrogen and oxygen atoms in total. The monoisotopic (exact) mass is 438 g/mol. The van der Waals surface area contributed by atoms with Gasteiger partial charge < -0.3 is 16.0 Å². The predicted molar refractivity (Wildman–Crippen MR) is 116 cm³/mol. The summed E-state index contributed by atoms with van der Waals surface area (Å²) in [5, 5.41) is 16.3. The summed E-state index contributed by atoms with van der Waals surface area (Å²) in [6.07, 6.45) is 5.25. The summed E-state index contributed by atoms with van der Waals surface area (Å²) in [4.78, 5) is 32.5. The number of imide groups is 1. The maximum absolute atomic E-state index is 11.9. The number of carbonyl (C=O) groups is 2. The first kappa shape index (κ1) is 19.3. The summed E-state index contributed by atoms with van der Waals surface area (Å²) < 4.78 is 1.59. The number of fused-ring (bicyclic) bond motifs is 1. The lowest BCUT2D eigenvalue weighted by Gasteiger charge is -2.12. The van der Waals surface area contributed by atoms with Crippen LogP contribution >= 0.6 is 11.6 Å². The van der Waals surface area contributed by atoms with Crippen molar-refractivity contribution in [1.29, 1.82) is 0 Å². The van der Waals surface area contributed by atoms with Gasteiger partial charge in [0.15, 0.2) is 5.65 Å². The first-order valence-electron chi connectivity index (χ1n) is 9.82. The van der Waals surface area contributed by atoms with E-state index < -0.39 is 11.9 Å². The Bertz CT molecular complexity index is 1230. The van der Waals surface area contributed by atoms with Crippen molar-refractivity contribution in [2.75, 3.05) is 10.6 Å². The van der Waals surface area contributed by atoms with Gasteiger partial charge in [-0.2, -0.15) is 19.6 Å². The molecule has 0 atom stereocenters. The van der Waals surface area contributed by atoms with Gasteiger partial charge in [-0.05, 0) is 43.0 Å². The molecule has 1 saturated carbocycles. The second-order valence-corrected chi connectivity index (χ2v) is 7.89. The van der Waals surface area contributed by atoms with E-state index in [4.69, 9.17) is 11.6 Å². The Hall–Kier alpha value is -3.66. The van der Waals surface area contributed by atoms with Gasteiger partial charge in [-0.25, -0.2) is 4.79 Å². The average Bonchev–Trinajstić information content (AvgIpc) is 3.36. The Morgan fingerprint density at radius 2 is 2.10 bits per heavy atom.